The molecule has 0 bridgehead atoms. The number of halogens is 1. The molecule has 2 rings (SSSR count). The molecule has 572 valence electrons. The molecule has 1 aliphatic rings. The molecular weight excluding hydrogens is 1370 g/mol. The van der Waals surface area contributed by atoms with E-state index in [0.29, 0.717) is 5.19 Å². The molecular formula is C63H99FN12O25Si. The van der Waals surface area contributed by atoms with Gasteiger partial charge in [-0.25, -0.2) is 24.0 Å². The molecule has 39 heteroatoms. The van der Waals surface area contributed by atoms with E-state index in [-0.39, 0.29) is 116 Å². The first-order chi connectivity index (χ1) is 47.5. The van der Waals surface area contributed by atoms with Crippen LogP contribution in [0.3, 0.4) is 0 Å². The number of nitrogens with zero attached hydrogens (tertiary/aromatic N) is 4. The van der Waals surface area contributed by atoms with Gasteiger partial charge in [0.25, 0.3) is 14.3 Å². The van der Waals surface area contributed by atoms with Gasteiger partial charge in [-0.15, -0.1) is 0 Å². The Hall–Kier alpha value is -9.47. The lowest BCUT2D eigenvalue weighted by Gasteiger charge is -2.44. The summed E-state index contributed by atoms with van der Waals surface area (Å²) >= 11 is 0. The smallest absolute Gasteiger partial charge is 0.326 e. The van der Waals surface area contributed by atoms with Crippen molar-refractivity contribution in [2.75, 3.05) is 91.6 Å². The molecule has 37 nitrogen and oxygen atoms in total. The minimum absolute atomic E-state index is 0.00207. The second-order valence-electron chi connectivity index (χ2n) is 26.6. The molecule has 0 radical (unpaired) electrons. The summed E-state index contributed by atoms with van der Waals surface area (Å²) < 4.78 is 17.1. The zero-order valence-corrected chi connectivity index (χ0v) is 59.1. The molecule has 1 heterocycles. The van der Waals surface area contributed by atoms with Crippen molar-refractivity contribution in [2.45, 2.75) is 171 Å². The van der Waals surface area contributed by atoms with Gasteiger partial charge in [0.15, 0.2) is 0 Å². The van der Waals surface area contributed by atoms with E-state index in [2.05, 4.69) is 31.9 Å². The standard InChI is InChI=1S/C63H99FN12O25Si/c1-62(2,3)102(64,63(4,5)6)39-14-12-38(13-15-39)54(89)67-34-44(69-49(80)20-18-45(60(99)100)76-32-30-74(36-52(85)86)28-26-73(35-51(83)84)27-29-75(31-33-76)37-53(87)88)55(90)70-41(57(93)94)10-7-8-24-65-46(77)21-22-47(78)66-25-9-11-40(56(91)92)68-48(79)19-16-42(58(95)96)71-61(101)72-43(59(97)98)17-23-50(81)82/h12-15,40-45H,7-11,16-37H2,1-6H3,(H,65,77)(H,66,78)(H,67,89)(H,68,79)(H,69,80)(H,70,90)(H,81,82)(H,83,84)(H,85,86)(H,87,88)(H,91,92)(H,93,94)(H,95,96)(H,97,98)(H,99,100)(H2,71,72,101)/t40-,41+,42-,43-,44-,45+/m0/s1. The van der Waals surface area contributed by atoms with Gasteiger partial charge in [-0.2, -0.15) is 0 Å². The maximum Gasteiger partial charge on any atom is 0.326 e. The van der Waals surface area contributed by atoms with E-state index in [4.69, 9.17) is 5.11 Å². The number of carboxylic acids is 9. The number of aliphatic carboxylic acids is 9. The Morgan fingerprint density at radius 1 is 0.412 bits per heavy atom. The average molecular weight is 1470 g/mol. The molecule has 1 saturated heterocycles. The summed E-state index contributed by atoms with van der Waals surface area (Å²) in [4.78, 5) is 205. The molecule has 17 N–H and O–H groups in total. The predicted molar refractivity (Wildman–Crippen MR) is 359 cm³/mol. The van der Waals surface area contributed by atoms with E-state index in [9.17, 15) is 118 Å². The molecule has 0 aromatic heterocycles. The Balaban J connectivity index is 2.15. The van der Waals surface area contributed by atoms with Gasteiger partial charge in [0.1, 0.15) is 36.3 Å². The van der Waals surface area contributed by atoms with E-state index in [0.717, 1.165) is 0 Å². The van der Waals surface area contributed by atoms with Crippen LogP contribution in [0.5, 0.6) is 0 Å². The van der Waals surface area contributed by atoms with Gasteiger partial charge in [-0.1, -0.05) is 53.7 Å². The monoisotopic (exact) mass is 1470 g/mol. The van der Waals surface area contributed by atoms with Crippen LogP contribution in [-0.4, -0.2) is 297 Å². The first-order valence-electron chi connectivity index (χ1n) is 33.0. The summed E-state index contributed by atoms with van der Waals surface area (Å²) in [6.07, 6.45) is -4.25. The Morgan fingerprint density at radius 2 is 0.794 bits per heavy atom. The highest BCUT2D eigenvalue weighted by molar-refractivity contribution is 6.90. The van der Waals surface area contributed by atoms with Crippen molar-refractivity contribution in [1.29, 1.82) is 0 Å². The number of hydrogen-bond acceptors (Lipinski definition) is 20. The number of urea groups is 1. The van der Waals surface area contributed by atoms with Crippen LogP contribution < -0.4 is 47.7 Å². The van der Waals surface area contributed by atoms with Crippen molar-refractivity contribution in [3.05, 3.63) is 29.8 Å². The van der Waals surface area contributed by atoms with E-state index in [1.165, 1.54) is 43.9 Å². The molecule has 1 aliphatic heterocycles. The second-order valence-corrected chi connectivity index (χ2v) is 31.5. The van der Waals surface area contributed by atoms with Crippen LogP contribution >= 0.6 is 0 Å². The third-order valence-corrected chi connectivity index (χ3v) is 21.9. The third-order valence-electron chi connectivity index (χ3n) is 16.6. The van der Waals surface area contributed by atoms with Crippen molar-refractivity contribution in [1.82, 2.24) is 62.1 Å². The highest BCUT2D eigenvalue weighted by Gasteiger charge is 2.56. The molecule has 1 aromatic rings. The summed E-state index contributed by atoms with van der Waals surface area (Å²) in [5.41, 5.74) is 0.0380. The molecule has 0 saturated carbocycles. The Kier molecular flexibility index (Phi) is 37.7. The van der Waals surface area contributed by atoms with Crippen molar-refractivity contribution in [2.24, 2.45) is 0 Å². The minimum Gasteiger partial charge on any atom is -0.481 e. The van der Waals surface area contributed by atoms with Crippen LogP contribution in [0.25, 0.3) is 0 Å². The number of amides is 8. The molecule has 0 spiro atoms. The number of carbonyl (C=O) groups is 16. The Bertz CT molecular complexity index is 3050. The summed E-state index contributed by atoms with van der Waals surface area (Å²) in [6, 6.07) is -5.18. The Labute approximate surface area is 588 Å². The molecule has 6 atom stereocenters. The predicted octanol–water partition coefficient (Wildman–Crippen LogP) is -1.72. The summed E-state index contributed by atoms with van der Waals surface area (Å²) in [7, 11) is -3.77. The van der Waals surface area contributed by atoms with Crippen molar-refractivity contribution < 1.29 is 127 Å². The lowest BCUT2D eigenvalue weighted by Crippen LogP contribution is -2.58. The Morgan fingerprint density at radius 3 is 1.21 bits per heavy atom. The fourth-order valence-electron chi connectivity index (χ4n) is 11.4. The molecule has 8 amide bonds. The van der Waals surface area contributed by atoms with Crippen molar-refractivity contribution in [3.8, 4) is 0 Å². The van der Waals surface area contributed by atoms with E-state index >= 15 is 4.11 Å². The van der Waals surface area contributed by atoms with Gasteiger partial charge in [-0.3, -0.25) is 72.3 Å². The number of rotatable bonds is 43. The third kappa shape index (κ3) is 32.9. The maximum absolute atomic E-state index is 17.1. The average Bonchev–Trinajstić information content (AvgIpc) is 0.748. The number of benzene rings is 1. The van der Waals surface area contributed by atoms with Crippen LogP contribution in [0.1, 0.15) is 135 Å². The van der Waals surface area contributed by atoms with Gasteiger partial charge < -0.3 is 92.6 Å². The van der Waals surface area contributed by atoms with Gasteiger partial charge in [0, 0.05) is 110 Å². The number of nitrogens with one attached hydrogen (secondary N) is 8. The molecule has 1 fully saturated rings. The quantitative estimate of drug-likeness (QED) is 0.0197. The fraction of sp³-hybridized carbons (Fsp3) is 0.651. The highest BCUT2D eigenvalue weighted by Crippen LogP contribution is 2.51. The van der Waals surface area contributed by atoms with Gasteiger partial charge in [0.05, 0.1) is 19.6 Å². The van der Waals surface area contributed by atoms with Gasteiger partial charge in [-0.05, 0) is 78.8 Å². The topological polar surface area (TPSA) is 564 Å². The van der Waals surface area contributed by atoms with Gasteiger partial charge >= 0.3 is 59.8 Å². The van der Waals surface area contributed by atoms with Crippen LogP contribution in [0.4, 0.5) is 8.90 Å². The number of carbonyl (C=O) groups excluding carboxylic acids is 7. The first kappa shape index (κ1) is 88.6. The number of hydrogen-bond donors (Lipinski definition) is 17. The van der Waals surface area contributed by atoms with E-state index in [1.807, 2.05) is 10.6 Å². The lowest BCUT2D eigenvalue weighted by molar-refractivity contribution is -0.145. The zero-order valence-electron chi connectivity index (χ0n) is 58.1. The molecule has 102 heavy (non-hydrogen) atoms. The number of carboxylic acid groups (broad SMARTS) is 9. The van der Waals surface area contributed by atoms with Crippen LogP contribution in [0.2, 0.25) is 10.1 Å². The zero-order chi connectivity index (χ0) is 77.2. The first-order valence-corrected chi connectivity index (χ1v) is 34.9. The van der Waals surface area contributed by atoms with Crippen molar-refractivity contribution >= 4 is 109 Å². The van der Waals surface area contributed by atoms with Crippen LogP contribution in [0.15, 0.2) is 24.3 Å². The van der Waals surface area contributed by atoms with E-state index in [1.54, 1.807) is 41.5 Å². The maximum atomic E-state index is 17.1. The van der Waals surface area contributed by atoms with Crippen LogP contribution in [-0.2, 0) is 67.1 Å². The summed E-state index contributed by atoms with van der Waals surface area (Å²) in [5, 5.41) is 104. The SMILES string of the molecule is CC(C)(C)[Si](F)(c1ccc(C(=O)NC[C@H](NC(=O)CC[C@H](C(=O)O)N2CCN(CC(=O)O)CCN(CC(=O)O)CCN(CC(=O)O)CC2)C(=O)N[C@H](CCCCNC(=O)CCC(=O)NCCC[C@H](NC(=O)CC[C@H](NC(=O)N[C@@H](CCC(=O)O)C(=O)O)C(=O)O)C(=O)O)C(=O)O)cc1)C(C)(C)C. The highest BCUT2D eigenvalue weighted by atomic mass is 28.4. The fourth-order valence-corrected chi connectivity index (χ4v) is 16.0. The number of unbranched alkanes of at least 4 members (excludes halogenated alkanes) is 1. The lowest BCUT2D eigenvalue weighted by atomic mass is 10.1. The minimum atomic E-state index is -3.77. The summed E-state index contributed by atoms with van der Waals surface area (Å²) in [6.45, 7) is 8.44. The normalized spacial score (nSPS) is 15.6. The van der Waals surface area contributed by atoms with Crippen molar-refractivity contribution in [3.63, 3.8) is 0 Å². The summed E-state index contributed by atoms with van der Waals surface area (Å²) in [5.74, 6) is -17.5. The molecule has 1 aromatic carbocycles. The van der Waals surface area contributed by atoms with Gasteiger partial charge in [0.2, 0.25) is 29.5 Å². The second kappa shape index (κ2) is 43.4. The van der Waals surface area contributed by atoms with E-state index < -0.39 is 215 Å². The molecule has 0 unspecified atom stereocenters. The molecule has 0 aliphatic carbocycles. The largest absolute Gasteiger partial charge is 0.481 e. The van der Waals surface area contributed by atoms with Crippen LogP contribution in [0, 0.1) is 0 Å².